The molecule has 1 aromatic carbocycles. The Balaban J connectivity index is 0.00000324. The van der Waals surface area contributed by atoms with Gasteiger partial charge in [0.25, 0.3) is 0 Å². The van der Waals surface area contributed by atoms with E-state index in [1.165, 1.54) is 0 Å². The molecule has 0 spiro atoms. The van der Waals surface area contributed by atoms with Gasteiger partial charge in [-0.05, 0) is 24.1 Å². The summed E-state index contributed by atoms with van der Waals surface area (Å²) in [6.07, 6.45) is -4.48. The van der Waals surface area contributed by atoms with Crippen molar-refractivity contribution in [3.8, 4) is 0 Å². The standard InChI is InChI=1S/C11H11ClF3NO2.ClH/c12-8-3-1-2-7(4-8)5-9(16)10(17)18-6-11(13,14)15;/h1-4,9H,5-6,16H2;1H/t9-;/m0./s1. The molecule has 2 N–H and O–H groups in total. The van der Waals surface area contributed by atoms with E-state index >= 15 is 0 Å². The minimum atomic E-state index is -4.55. The van der Waals surface area contributed by atoms with Crippen LogP contribution in [0.25, 0.3) is 0 Å². The number of ether oxygens (including phenoxy) is 1. The van der Waals surface area contributed by atoms with E-state index < -0.39 is 24.8 Å². The summed E-state index contributed by atoms with van der Waals surface area (Å²) < 4.78 is 39.5. The van der Waals surface area contributed by atoms with Gasteiger partial charge in [0.05, 0.1) is 0 Å². The van der Waals surface area contributed by atoms with Crippen LogP contribution in [0, 0.1) is 0 Å². The fraction of sp³-hybridized carbons (Fsp3) is 0.364. The highest BCUT2D eigenvalue weighted by Gasteiger charge is 2.30. The van der Waals surface area contributed by atoms with Gasteiger partial charge >= 0.3 is 12.1 Å². The minimum Gasteiger partial charge on any atom is -0.455 e. The molecule has 1 atom stereocenters. The van der Waals surface area contributed by atoms with Crippen molar-refractivity contribution >= 4 is 30.0 Å². The van der Waals surface area contributed by atoms with Gasteiger partial charge in [-0.25, -0.2) is 0 Å². The second kappa shape index (κ2) is 7.57. The van der Waals surface area contributed by atoms with Crippen LogP contribution in [-0.4, -0.2) is 24.8 Å². The molecule has 0 amide bonds. The fourth-order valence-corrected chi connectivity index (χ4v) is 1.47. The molecule has 3 nitrogen and oxygen atoms in total. The fourth-order valence-electron chi connectivity index (χ4n) is 1.26. The maximum absolute atomic E-state index is 11.8. The molecule has 0 aliphatic rings. The number of hydrogen-bond donors (Lipinski definition) is 1. The molecule has 0 saturated heterocycles. The Morgan fingerprint density at radius 2 is 2.05 bits per heavy atom. The maximum Gasteiger partial charge on any atom is 0.422 e. The number of benzene rings is 1. The number of hydrogen-bond acceptors (Lipinski definition) is 3. The van der Waals surface area contributed by atoms with Gasteiger partial charge in [0.1, 0.15) is 6.04 Å². The van der Waals surface area contributed by atoms with Crippen molar-refractivity contribution < 1.29 is 22.7 Å². The zero-order chi connectivity index (χ0) is 13.8. The highest BCUT2D eigenvalue weighted by atomic mass is 35.5. The van der Waals surface area contributed by atoms with Crippen molar-refractivity contribution in [3.05, 3.63) is 34.9 Å². The molecule has 8 heteroatoms. The summed E-state index contributed by atoms with van der Waals surface area (Å²) >= 11 is 5.72. The number of alkyl halides is 3. The predicted molar refractivity (Wildman–Crippen MR) is 67.4 cm³/mol. The third-order valence-electron chi connectivity index (χ3n) is 2.03. The maximum atomic E-state index is 11.8. The summed E-state index contributed by atoms with van der Waals surface area (Å²) in [4.78, 5) is 11.2. The molecule has 108 valence electrons. The molecule has 0 aromatic heterocycles. The van der Waals surface area contributed by atoms with Crippen molar-refractivity contribution in [2.75, 3.05) is 6.61 Å². The number of nitrogens with two attached hydrogens (primary N) is 1. The Hall–Kier alpha value is -0.980. The number of carbonyl (C=O) groups excluding carboxylic acids is 1. The van der Waals surface area contributed by atoms with E-state index in [0.29, 0.717) is 10.6 Å². The summed E-state index contributed by atoms with van der Waals surface area (Å²) in [7, 11) is 0. The minimum absolute atomic E-state index is 0. The van der Waals surface area contributed by atoms with Crippen molar-refractivity contribution in [2.45, 2.75) is 18.6 Å². The summed E-state index contributed by atoms with van der Waals surface area (Å²) in [5.41, 5.74) is 6.10. The average molecular weight is 318 g/mol. The van der Waals surface area contributed by atoms with Gasteiger partial charge in [0.2, 0.25) is 0 Å². The van der Waals surface area contributed by atoms with Crippen molar-refractivity contribution in [1.82, 2.24) is 0 Å². The van der Waals surface area contributed by atoms with Crippen LogP contribution < -0.4 is 5.73 Å². The summed E-state index contributed by atoms with van der Waals surface area (Å²) in [5, 5.41) is 0.461. The Bertz CT molecular complexity index is 427. The zero-order valence-corrected chi connectivity index (χ0v) is 11.2. The number of carbonyl (C=O) groups is 1. The van der Waals surface area contributed by atoms with Crippen LogP contribution in [0.2, 0.25) is 5.02 Å². The molecule has 0 unspecified atom stereocenters. The molecule has 1 aromatic rings. The molecule has 0 aliphatic carbocycles. The van der Waals surface area contributed by atoms with Crippen LogP contribution in [0.4, 0.5) is 13.2 Å². The first-order valence-corrected chi connectivity index (χ1v) is 5.39. The predicted octanol–water partition coefficient (Wildman–Crippen LogP) is 2.74. The molecule has 0 heterocycles. The summed E-state index contributed by atoms with van der Waals surface area (Å²) in [6, 6.07) is 5.40. The van der Waals surface area contributed by atoms with E-state index in [9.17, 15) is 18.0 Å². The molecule has 0 bridgehead atoms. The third kappa shape index (κ3) is 7.25. The lowest BCUT2D eigenvalue weighted by Gasteiger charge is -2.13. The second-order valence-electron chi connectivity index (χ2n) is 3.66. The first-order valence-electron chi connectivity index (χ1n) is 5.01. The number of esters is 1. The molecular formula is C11H12Cl2F3NO2. The Morgan fingerprint density at radius 1 is 1.42 bits per heavy atom. The summed E-state index contributed by atoms with van der Waals surface area (Å²) in [6.45, 7) is -1.63. The SMILES string of the molecule is Cl.N[C@@H](Cc1cccc(Cl)c1)C(=O)OCC(F)(F)F. The average Bonchev–Trinajstić information content (AvgIpc) is 2.24. The number of rotatable bonds is 4. The molecular weight excluding hydrogens is 306 g/mol. The van der Waals surface area contributed by atoms with E-state index in [2.05, 4.69) is 4.74 Å². The first-order chi connectivity index (χ1) is 8.28. The lowest BCUT2D eigenvalue weighted by atomic mass is 10.1. The van der Waals surface area contributed by atoms with Crippen LogP contribution in [-0.2, 0) is 16.0 Å². The van der Waals surface area contributed by atoms with Crippen LogP contribution in [0.1, 0.15) is 5.56 Å². The van der Waals surface area contributed by atoms with Crippen LogP contribution >= 0.6 is 24.0 Å². The molecule has 0 aliphatic heterocycles. The largest absolute Gasteiger partial charge is 0.455 e. The topological polar surface area (TPSA) is 52.3 Å². The van der Waals surface area contributed by atoms with Gasteiger partial charge < -0.3 is 10.5 Å². The van der Waals surface area contributed by atoms with E-state index in [4.69, 9.17) is 17.3 Å². The Kier molecular flexibility index (Phi) is 7.18. The molecule has 1 rings (SSSR count). The quantitative estimate of drug-likeness (QED) is 0.869. The van der Waals surface area contributed by atoms with E-state index in [1.54, 1.807) is 24.3 Å². The Morgan fingerprint density at radius 3 is 2.58 bits per heavy atom. The van der Waals surface area contributed by atoms with E-state index in [-0.39, 0.29) is 18.8 Å². The highest BCUT2D eigenvalue weighted by molar-refractivity contribution is 6.30. The van der Waals surface area contributed by atoms with Gasteiger partial charge in [0.15, 0.2) is 6.61 Å². The van der Waals surface area contributed by atoms with Crippen molar-refractivity contribution in [3.63, 3.8) is 0 Å². The van der Waals surface area contributed by atoms with E-state index in [0.717, 1.165) is 0 Å². The smallest absolute Gasteiger partial charge is 0.422 e. The van der Waals surface area contributed by atoms with Crippen LogP contribution in [0.5, 0.6) is 0 Å². The zero-order valence-electron chi connectivity index (χ0n) is 9.61. The molecule has 0 fully saturated rings. The Labute approximate surface area is 119 Å². The van der Waals surface area contributed by atoms with Crippen LogP contribution in [0.3, 0.4) is 0 Å². The normalized spacial score (nSPS) is 12.5. The van der Waals surface area contributed by atoms with Gasteiger partial charge in [0, 0.05) is 5.02 Å². The molecule has 0 saturated carbocycles. The second-order valence-corrected chi connectivity index (χ2v) is 4.10. The van der Waals surface area contributed by atoms with Gasteiger partial charge in [-0.2, -0.15) is 13.2 Å². The number of halogens is 5. The van der Waals surface area contributed by atoms with Crippen molar-refractivity contribution in [2.24, 2.45) is 5.73 Å². The van der Waals surface area contributed by atoms with E-state index in [1.807, 2.05) is 0 Å². The van der Waals surface area contributed by atoms with Crippen molar-refractivity contribution in [1.29, 1.82) is 0 Å². The monoisotopic (exact) mass is 317 g/mol. The van der Waals surface area contributed by atoms with Crippen LogP contribution in [0.15, 0.2) is 24.3 Å². The molecule has 0 radical (unpaired) electrons. The van der Waals surface area contributed by atoms with Gasteiger partial charge in [-0.1, -0.05) is 23.7 Å². The lowest BCUT2D eigenvalue weighted by Crippen LogP contribution is -2.36. The highest BCUT2D eigenvalue weighted by Crippen LogP contribution is 2.15. The molecule has 19 heavy (non-hydrogen) atoms. The third-order valence-corrected chi connectivity index (χ3v) is 2.26. The van der Waals surface area contributed by atoms with Gasteiger partial charge in [-0.3, -0.25) is 4.79 Å². The first kappa shape index (κ1) is 18.0. The van der Waals surface area contributed by atoms with Gasteiger partial charge in [-0.15, -0.1) is 12.4 Å². The summed E-state index contributed by atoms with van der Waals surface area (Å²) in [5.74, 6) is -1.09. The lowest BCUT2D eigenvalue weighted by molar-refractivity contribution is -0.187.